The summed E-state index contributed by atoms with van der Waals surface area (Å²) in [5.41, 5.74) is 0.440. The number of anilines is 1. The first-order valence-corrected chi connectivity index (χ1v) is 6.53. The van der Waals surface area contributed by atoms with Gasteiger partial charge in [-0.15, -0.1) is 0 Å². The van der Waals surface area contributed by atoms with Crippen LogP contribution in [0.25, 0.3) is 0 Å². The van der Waals surface area contributed by atoms with Gasteiger partial charge in [0.25, 0.3) is 0 Å². The zero-order chi connectivity index (χ0) is 15.1. The Balaban J connectivity index is 2.79. The zero-order valence-corrected chi connectivity index (χ0v) is 11.6. The van der Waals surface area contributed by atoms with Crippen molar-refractivity contribution in [1.29, 1.82) is 0 Å². The van der Waals surface area contributed by atoms with Gasteiger partial charge in [-0.3, -0.25) is 9.69 Å². The highest BCUT2D eigenvalue weighted by atomic mass is 19.1. The number of nitrogens with zero attached hydrogens (tertiary/aromatic N) is 1. The van der Waals surface area contributed by atoms with E-state index in [0.29, 0.717) is 18.7 Å². The largest absolute Gasteiger partial charge is 0.481 e. The minimum atomic E-state index is -0.967. The highest BCUT2D eigenvalue weighted by Gasteiger charge is 2.19. The third kappa shape index (κ3) is 4.53. The lowest BCUT2D eigenvalue weighted by Gasteiger charge is -2.24. The Hall–Kier alpha value is -2.11. The summed E-state index contributed by atoms with van der Waals surface area (Å²) < 4.78 is 13.2. The summed E-state index contributed by atoms with van der Waals surface area (Å²) in [6, 6.07) is 4.85. The van der Waals surface area contributed by atoms with E-state index in [4.69, 9.17) is 5.11 Å². The number of amides is 2. The molecule has 1 rings (SSSR count). The molecule has 1 aromatic rings. The molecule has 2 N–H and O–H groups in total. The van der Waals surface area contributed by atoms with Crippen molar-refractivity contribution in [3.63, 3.8) is 0 Å². The summed E-state index contributed by atoms with van der Waals surface area (Å²) in [5, 5.41) is 11.4. The SMILES string of the molecule is CCC(CC(=O)O)NC(=O)N(CC)c1cccc(F)c1. The van der Waals surface area contributed by atoms with E-state index in [2.05, 4.69) is 5.32 Å². The first-order valence-electron chi connectivity index (χ1n) is 6.53. The van der Waals surface area contributed by atoms with Gasteiger partial charge in [-0.2, -0.15) is 0 Å². The molecule has 0 aliphatic heterocycles. The number of rotatable bonds is 6. The molecule has 0 aliphatic rings. The minimum absolute atomic E-state index is 0.136. The van der Waals surface area contributed by atoms with Gasteiger partial charge in [-0.25, -0.2) is 9.18 Å². The summed E-state index contributed by atoms with van der Waals surface area (Å²) in [4.78, 5) is 24.2. The maximum absolute atomic E-state index is 13.2. The molecule has 1 unspecified atom stereocenters. The van der Waals surface area contributed by atoms with E-state index < -0.39 is 23.9 Å². The van der Waals surface area contributed by atoms with E-state index in [9.17, 15) is 14.0 Å². The van der Waals surface area contributed by atoms with Crippen molar-refractivity contribution >= 4 is 17.7 Å². The molecule has 0 radical (unpaired) electrons. The van der Waals surface area contributed by atoms with Gasteiger partial charge in [-0.05, 0) is 31.5 Å². The van der Waals surface area contributed by atoms with Crippen LogP contribution >= 0.6 is 0 Å². The maximum Gasteiger partial charge on any atom is 0.322 e. The molecule has 2 amide bonds. The van der Waals surface area contributed by atoms with Crippen LogP contribution in [0.5, 0.6) is 0 Å². The summed E-state index contributed by atoms with van der Waals surface area (Å²) in [7, 11) is 0. The average Bonchev–Trinajstić information content (AvgIpc) is 2.38. The number of carboxylic acid groups (broad SMARTS) is 1. The highest BCUT2D eigenvalue weighted by Crippen LogP contribution is 2.15. The van der Waals surface area contributed by atoms with Crippen LogP contribution in [0.3, 0.4) is 0 Å². The Morgan fingerprint density at radius 1 is 1.40 bits per heavy atom. The molecular formula is C14H19FN2O3. The van der Waals surface area contributed by atoms with Crippen molar-refractivity contribution in [2.75, 3.05) is 11.4 Å². The second-order valence-electron chi connectivity index (χ2n) is 4.38. The molecule has 6 heteroatoms. The molecule has 0 fully saturated rings. The Labute approximate surface area is 117 Å². The first kappa shape index (κ1) is 15.9. The summed E-state index contributed by atoms with van der Waals surface area (Å²) in [6.45, 7) is 3.92. The van der Waals surface area contributed by atoms with E-state index in [-0.39, 0.29) is 6.42 Å². The number of halogens is 1. The quantitative estimate of drug-likeness (QED) is 0.842. The number of carbonyl (C=O) groups excluding carboxylic acids is 1. The van der Waals surface area contributed by atoms with Crippen LogP contribution in [0.15, 0.2) is 24.3 Å². The summed E-state index contributed by atoms with van der Waals surface area (Å²) in [5.74, 6) is -1.39. The summed E-state index contributed by atoms with van der Waals surface area (Å²) >= 11 is 0. The molecule has 1 atom stereocenters. The first-order chi connectivity index (χ1) is 9.47. The predicted molar refractivity (Wildman–Crippen MR) is 74.3 cm³/mol. The van der Waals surface area contributed by atoms with Gasteiger partial charge in [0.2, 0.25) is 0 Å². The number of hydrogen-bond acceptors (Lipinski definition) is 2. The van der Waals surface area contributed by atoms with E-state index in [0.717, 1.165) is 0 Å². The Morgan fingerprint density at radius 2 is 2.10 bits per heavy atom. The number of urea groups is 1. The van der Waals surface area contributed by atoms with Gasteiger partial charge in [0.05, 0.1) is 6.42 Å². The van der Waals surface area contributed by atoms with Crippen molar-refractivity contribution in [2.45, 2.75) is 32.7 Å². The molecule has 0 saturated heterocycles. The van der Waals surface area contributed by atoms with Crippen molar-refractivity contribution in [3.8, 4) is 0 Å². The van der Waals surface area contributed by atoms with Gasteiger partial charge in [0, 0.05) is 18.3 Å². The maximum atomic E-state index is 13.2. The Bertz CT molecular complexity index is 479. The average molecular weight is 282 g/mol. The monoisotopic (exact) mass is 282 g/mol. The van der Waals surface area contributed by atoms with Gasteiger partial charge >= 0.3 is 12.0 Å². The van der Waals surface area contributed by atoms with Crippen LogP contribution in [-0.2, 0) is 4.79 Å². The van der Waals surface area contributed by atoms with Crippen LogP contribution in [0.1, 0.15) is 26.7 Å². The van der Waals surface area contributed by atoms with Crippen molar-refractivity contribution in [3.05, 3.63) is 30.1 Å². The normalized spacial score (nSPS) is 11.8. The number of nitrogens with one attached hydrogen (secondary N) is 1. The fraction of sp³-hybridized carbons (Fsp3) is 0.429. The van der Waals surface area contributed by atoms with E-state index >= 15 is 0 Å². The van der Waals surface area contributed by atoms with Gasteiger partial charge < -0.3 is 10.4 Å². The number of aliphatic carboxylic acids is 1. The molecule has 0 heterocycles. The van der Waals surface area contributed by atoms with Crippen LogP contribution < -0.4 is 10.2 Å². The minimum Gasteiger partial charge on any atom is -0.481 e. The topological polar surface area (TPSA) is 69.6 Å². The third-order valence-corrected chi connectivity index (χ3v) is 2.92. The van der Waals surface area contributed by atoms with E-state index in [1.807, 2.05) is 0 Å². The summed E-state index contributed by atoms with van der Waals surface area (Å²) in [6.07, 6.45) is 0.377. The second-order valence-corrected chi connectivity index (χ2v) is 4.38. The standard InChI is InChI=1S/C14H19FN2O3/c1-3-11(9-13(18)19)16-14(20)17(4-2)12-7-5-6-10(15)8-12/h5-8,11H,3-4,9H2,1-2H3,(H,16,20)(H,18,19). The molecule has 20 heavy (non-hydrogen) atoms. The van der Waals surface area contributed by atoms with Gasteiger partial charge in [0.1, 0.15) is 5.82 Å². The zero-order valence-electron chi connectivity index (χ0n) is 11.6. The fourth-order valence-electron chi connectivity index (χ4n) is 1.85. The smallest absolute Gasteiger partial charge is 0.322 e. The van der Waals surface area contributed by atoms with Crippen molar-refractivity contribution in [1.82, 2.24) is 5.32 Å². The van der Waals surface area contributed by atoms with Crippen molar-refractivity contribution in [2.24, 2.45) is 0 Å². The number of hydrogen-bond donors (Lipinski definition) is 2. The molecule has 1 aromatic carbocycles. The fourth-order valence-corrected chi connectivity index (χ4v) is 1.85. The second kappa shape index (κ2) is 7.47. The third-order valence-electron chi connectivity index (χ3n) is 2.92. The lowest BCUT2D eigenvalue weighted by Crippen LogP contribution is -2.45. The van der Waals surface area contributed by atoms with Gasteiger partial charge in [0.15, 0.2) is 0 Å². The number of carbonyl (C=O) groups is 2. The molecule has 0 aliphatic carbocycles. The lowest BCUT2D eigenvalue weighted by molar-refractivity contribution is -0.137. The molecular weight excluding hydrogens is 263 g/mol. The van der Waals surface area contributed by atoms with Crippen LogP contribution in [0, 0.1) is 5.82 Å². The van der Waals surface area contributed by atoms with Crippen LogP contribution in [0.4, 0.5) is 14.9 Å². The Morgan fingerprint density at radius 3 is 2.60 bits per heavy atom. The lowest BCUT2D eigenvalue weighted by atomic mass is 10.1. The van der Waals surface area contributed by atoms with Crippen molar-refractivity contribution < 1.29 is 19.1 Å². The van der Waals surface area contributed by atoms with Gasteiger partial charge in [-0.1, -0.05) is 13.0 Å². The van der Waals surface area contributed by atoms with Crippen LogP contribution in [0.2, 0.25) is 0 Å². The highest BCUT2D eigenvalue weighted by molar-refractivity contribution is 5.92. The van der Waals surface area contributed by atoms with Crippen LogP contribution in [-0.4, -0.2) is 29.7 Å². The Kier molecular flexibility index (Phi) is 5.96. The van der Waals surface area contributed by atoms with E-state index in [1.165, 1.54) is 23.1 Å². The molecule has 0 saturated carbocycles. The number of carboxylic acids is 1. The predicted octanol–water partition coefficient (Wildman–Crippen LogP) is 2.61. The number of benzene rings is 1. The van der Waals surface area contributed by atoms with E-state index in [1.54, 1.807) is 19.9 Å². The molecule has 110 valence electrons. The molecule has 0 spiro atoms. The molecule has 0 bridgehead atoms. The molecule has 0 aromatic heterocycles. The molecule has 5 nitrogen and oxygen atoms in total.